The maximum absolute atomic E-state index is 13.7. The van der Waals surface area contributed by atoms with E-state index in [2.05, 4.69) is 21.8 Å². The lowest BCUT2D eigenvalue weighted by molar-refractivity contribution is -0.136. The van der Waals surface area contributed by atoms with Gasteiger partial charge in [-0.15, -0.1) is 0 Å². The third-order valence-electron chi connectivity index (χ3n) is 11.0. The summed E-state index contributed by atoms with van der Waals surface area (Å²) in [6.07, 6.45) is 10.1. The molecule has 2 spiro atoms. The number of nitrogens with zero attached hydrogens (tertiary/aromatic N) is 2. The topological polar surface area (TPSA) is 99.2 Å². The number of ether oxygens (including phenoxy) is 1. The number of amides is 1. The van der Waals surface area contributed by atoms with Gasteiger partial charge in [-0.2, -0.15) is 0 Å². The maximum Gasteiger partial charge on any atom is 0.264 e. The zero-order valence-electron chi connectivity index (χ0n) is 24.6. The SMILES string of the molecule is CN1C/C=C/[C@@H](O)[C@@H]2CC[C@H]2CN2C[C@@]3(CCCc4cc(Cl)ccc43)COc3ccc(cc32)S(=O)(=O)NC(=O)C12CCC2. The summed E-state index contributed by atoms with van der Waals surface area (Å²) in [6, 6.07) is 11.1. The summed E-state index contributed by atoms with van der Waals surface area (Å²) >= 11 is 6.39. The van der Waals surface area contributed by atoms with Gasteiger partial charge < -0.3 is 14.7 Å². The summed E-state index contributed by atoms with van der Waals surface area (Å²) in [5.41, 5.74) is 2.02. The van der Waals surface area contributed by atoms with Gasteiger partial charge >= 0.3 is 0 Å². The molecule has 8 nitrogen and oxygen atoms in total. The van der Waals surface area contributed by atoms with Crippen LogP contribution in [-0.2, 0) is 26.7 Å². The Labute approximate surface area is 259 Å². The van der Waals surface area contributed by atoms with Crippen molar-refractivity contribution < 1.29 is 23.1 Å². The van der Waals surface area contributed by atoms with Crippen molar-refractivity contribution in [1.82, 2.24) is 9.62 Å². The molecule has 5 aliphatic rings. The molecule has 0 radical (unpaired) electrons. The second kappa shape index (κ2) is 10.8. The van der Waals surface area contributed by atoms with Crippen LogP contribution in [0.5, 0.6) is 5.75 Å². The van der Waals surface area contributed by atoms with E-state index in [9.17, 15) is 18.3 Å². The number of rotatable bonds is 0. The number of aliphatic hydroxyl groups excluding tert-OH is 1. The van der Waals surface area contributed by atoms with Gasteiger partial charge in [0.1, 0.15) is 11.3 Å². The Morgan fingerprint density at radius 1 is 1.09 bits per heavy atom. The summed E-state index contributed by atoms with van der Waals surface area (Å²) in [5, 5.41) is 11.9. The number of nitrogens with one attached hydrogen (secondary N) is 1. The van der Waals surface area contributed by atoms with Crippen LogP contribution >= 0.6 is 11.6 Å². The lowest BCUT2D eigenvalue weighted by atomic mass is 9.68. The highest BCUT2D eigenvalue weighted by Gasteiger charge is 2.49. The summed E-state index contributed by atoms with van der Waals surface area (Å²) in [5.74, 6) is 0.500. The number of hydrogen-bond acceptors (Lipinski definition) is 7. The standard InChI is InChI=1S/C33H40ClN3O5S/c1-36-16-3-6-29(38)26-10-7-23(26)19-37-20-32(13-2-5-22-17-24(34)8-11-27(22)32)21-42-30-12-9-25(18-28(30)37)43(40,41)35-31(39)33(36)14-4-15-33/h3,6,8-9,11-12,17-18,23,26,29,38H,2,4-5,7,10,13-16,19-21H2,1H3,(H,35,39)/b6-3+/t23-,26+,29+,32-/m0/s1. The maximum atomic E-state index is 13.7. The summed E-state index contributed by atoms with van der Waals surface area (Å²) in [4.78, 5) is 17.8. The molecular formula is C33H40ClN3O5S. The van der Waals surface area contributed by atoms with Gasteiger partial charge in [0.25, 0.3) is 15.9 Å². The quantitative estimate of drug-likeness (QED) is 0.418. The summed E-state index contributed by atoms with van der Waals surface area (Å²) in [6.45, 7) is 2.27. The third kappa shape index (κ3) is 4.96. The zero-order valence-corrected chi connectivity index (χ0v) is 26.2. The highest BCUT2D eigenvalue weighted by molar-refractivity contribution is 7.90. The van der Waals surface area contributed by atoms with E-state index in [4.69, 9.17) is 16.3 Å². The van der Waals surface area contributed by atoms with Gasteiger partial charge in [0, 0.05) is 30.1 Å². The van der Waals surface area contributed by atoms with Gasteiger partial charge in [-0.3, -0.25) is 9.69 Å². The van der Waals surface area contributed by atoms with Crippen molar-refractivity contribution in [3.8, 4) is 5.75 Å². The monoisotopic (exact) mass is 625 g/mol. The second-order valence-corrected chi connectivity index (χ2v) is 15.5. The smallest absolute Gasteiger partial charge is 0.264 e. The van der Waals surface area contributed by atoms with E-state index >= 15 is 0 Å². The number of aliphatic hydroxyl groups is 1. The number of sulfonamides is 1. The number of halogens is 1. The van der Waals surface area contributed by atoms with E-state index < -0.39 is 27.6 Å². The Bertz CT molecular complexity index is 1570. The van der Waals surface area contributed by atoms with Gasteiger partial charge in [-0.05, 0) is 112 Å². The first-order valence-corrected chi connectivity index (χ1v) is 17.4. The number of carbonyl (C=O) groups is 1. The average molecular weight is 626 g/mol. The van der Waals surface area contributed by atoms with Crippen LogP contribution in [0.2, 0.25) is 5.02 Å². The molecule has 10 heteroatoms. The number of fused-ring (bicyclic) bond motifs is 4. The molecular weight excluding hydrogens is 586 g/mol. The minimum Gasteiger partial charge on any atom is -0.490 e. The number of likely N-dealkylation sites (N-methyl/N-ethyl adjacent to an activating group) is 1. The number of benzene rings is 2. The van der Waals surface area contributed by atoms with Crippen molar-refractivity contribution >= 4 is 33.2 Å². The molecule has 43 heavy (non-hydrogen) atoms. The highest BCUT2D eigenvalue weighted by atomic mass is 35.5. The van der Waals surface area contributed by atoms with Gasteiger partial charge in [-0.1, -0.05) is 29.8 Å². The Balaban J connectivity index is 1.31. The number of anilines is 1. The van der Waals surface area contributed by atoms with Crippen molar-refractivity contribution in [1.29, 1.82) is 0 Å². The molecule has 7 rings (SSSR count). The molecule has 2 N–H and O–H groups in total. The lowest BCUT2D eigenvalue weighted by Gasteiger charge is -2.47. The van der Waals surface area contributed by atoms with Crippen molar-refractivity contribution in [2.24, 2.45) is 11.8 Å². The van der Waals surface area contributed by atoms with E-state index in [1.165, 1.54) is 17.2 Å². The molecule has 2 aliphatic heterocycles. The Kier molecular flexibility index (Phi) is 7.31. The fraction of sp³-hybridized carbons (Fsp3) is 0.545. The minimum absolute atomic E-state index is 0.0503. The second-order valence-electron chi connectivity index (χ2n) is 13.4. The molecule has 0 aromatic heterocycles. The summed E-state index contributed by atoms with van der Waals surface area (Å²) < 4.78 is 36.4. The van der Waals surface area contributed by atoms with Crippen molar-refractivity contribution in [3.63, 3.8) is 0 Å². The molecule has 0 saturated heterocycles. The third-order valence-corrected chi connectivity index (χ3v) is 12.5. The first kappa shape index (κ1) is 29.1. The Hall–Kier alpha value is -2.59. The predicted octanol–water partition coefficient (Wildman–Crippen LogP) is 4.43. The van der Waals surface area contributed by atoms with Crippen LogP contribution in [0.3, 0.4) is 0 Å². The van der Waals surface area contributed by atoms with Crippen LogP contribution in [0.25, 0.3) is 0 Å². The lowest BCUT2D eigenvalue weighted by Crippen LogP contribution is -2.62. The molecule has 2 aromatic rings. The Morgan fingerprint density at radius 3 is 2.67 bits per heavy atom. The van der Waals surface area contributed by atoms with Crippen LogP contribution in [0.15, 0.2) is 53.4 Å². The normalized spacial score (nSPS) is 32.3. The molecule has 4 atom stereocenters. The Morgan fingerprint density at radius 2 is 1.93 bits per heavy atom. The molecule has 2 aromatic carbocycles. The minimum atomic E-state index is -4.13. The van der Waals surface area contributed by atoms with Gasteiger partial charge in [0.2, 0.25) is 0 Å². The van der Waals surface area contributed by atoms with Crippen molar-refractivity contribution in [2.75, 3.05) is 38.2 Å². The van der Waals surface area contributed by atoms with Crippen LogP contribution in [0.1, 0.15) is 56.1 Å². The highest BCUT2D eigenvalue weighted by Crippen LogP contribution is 2.47. The molecule has 230 valence electrons. The number of carbonyl (C=O) groups excluding carboxylic acids is 1. The van der Waals surface area contributed by atoms with Crippen molar-refractivity contribution in [2.45, 2.75) is 73.3 Å². The zero-order chi connectivity index (χ0) is 30.0. The molecule has 0 unspecified atom stereocenters. The molecule has 2 bridgehead atoms. The molecule has 2 fully saturated rings. The average Bonchev–Trinajstić information content (AvgIpc) is 3.06. The van der Waals surface area contributed by atoms with E-state index in [0.29, 0.717) is 50.5 Å². The van der Waals surface area contributed by atoms with Gasteiger partial charge in [0.05, 0.1) is 23.3 Å². The van der Waals surface area contributed by atoms with E-state index in [-0.39, 0.29) is 22.1 Å². The van der Waals surface area contributed by atoms with Gasteiger partial charge in [-0.25, -0.2) is 13.1 Å². The summed E-state index contributed by atoms with van der Waals surface area (Å²) in [7, 11) is -2.28. The molecule has 2 saturated carbocycles. The largest absolute Gasteiger partial charge is 0.490 e. The molecule has 2 heterocycles. The van der Waals surface area contributed by atoms with Gasteiger partial charge in [0.15, 0.2) is 0 Å². The van der Waals surface area contributed by atoms with Crippen LogP contribution in [0, 0.1) is 11.8 Å². The first-order valence-electron chi connectivity index (χ1n) is 15.5. The molecule has 3 aliphatic carbocycles. The van der Waals surface area contributed by atoms with E-state index in [1.54, 1.807) is 12.1 Å². The van der Waals surface area contributed by atoms with Crippen LogP contribution in [-0.4, -0.2) is 69.3 Å². The predicted molar refractivity (Wildman–Crippen MR) is 166 cm³/mol. The molecule has 1 amide bonds. The fourth-order valence-electron chi connectivity index (χ4n) is 8.06. The van der Waals surface area contributed by atoms with E-state index in [0.717, 1.165) is 43.5 Å². The van der Waals surface area contributed by atoms with Crippen LogP contribution in [0.4, 0.5) is 5.69 Å². The van der Waals surface area contributed by atoms with E-state index in [1.807, 2.05) is 30.2 Å². The fourth-order valence-corrected chi connectivity index (χ4v) is 9.32. The number of aryl methyl sites for hydroxylation is 1. The van der Waals surface area contributed by atoms with Crippen molar-refractivity contribution in [3.05, 3.63) is 64.7 Å². The first-order chi connectivity index (χ1) is 20.6. The number of hydrogen-bond donors (Lipinski definition) is 2. The van der Waals surface area contributed by atoms with Crippen LogP contribution < -0.4 is 14.4 Å².